The van der Waals surface area contributed by atoms with E-state index in [0.29, 0.717) is 0 Å². The maximum Gasteiger partial charge on any atom is 0.0159 e. The first-order valence-corrected chi connectivity index (χ1v) is 20.8. The van der Waals surface area contributed by atoms with E-state index in [0.717, 1.165) is 0 Å². The van der Waals surface area contributed by atoms with Gasteiger partial charge in [-0.2, -0.15) is 0 Å². The van der Waals surface area contributed by atoms with Crippen LogP contribution in [-0.2, 0) is 5.41 Å². The van der Waals surface area contributed by atoms with Crippen LogP contribution >= 0.6 is 0 Å². The molecule has 0 amide bonds. The monoisotopic (exact) mass is 746 g/mol. The Kier molecular flexibility index (Phi) is 6.60. The van der Waals surface area contributed by atoms with Gasteiger partial charge in [-0.1, -0.05) is 196 Å². The number of hydrogen-bond acceptors (Lipinski definition) is 0. The van der Waals surface area contributed by atoms with Crippen LogP contribution in [0.2, 0.25) is 0 Å². The molecule has 0 fully saturated rings. The molecular weight excluding hydrogens is 709 g/mol. The van der Waals surface area contributed by atoms with Gasteiger partial charge < -0.3 is 0 Å². The van der Waals surface area contributed by atoms with Crippen LogP contribution in [0.1, 0.15) is 25.0 Å². The largest absolute Gasteiger partial charge is 0.0619 e. The molecule has 0 nitrogen and oxygen atoms in total. The summed E-state index contributed by atoms with van der Waals surface area (Å²) in [5.41, 5.74) is 15.3. The van der Waals surface area contributed by atoms with Gasteiger partial charge in [-0.25, -0.2) is 0 Å². The SMILES string of the molecule is CC1(C)c2ccccc2-c2ccc(-c3cc(-c4ccc5ccc6cccc7ccc4c5c67)ccc3-c3ccc(-c4ccc5ccc6cccc7ccc4c5c67)cc3)cc21. The minimum atomic E-state index is -0.0892. The third kappa shape index (κ3) is 4.60. The third-order valence-electron chi connectivity index (χ3n) is 13.8. The Hall–Kier alpha value is -7.28. The summed E-state index contributed by atoms with van der Waals surface area (Å²) in [6.45, 7) is 4.75. The molecule has 0 atom stereocenters. The normalized spacial score (nSPS) is 13.4. The predicted molar refractivity (Wildman–Crippen MR) is 253 cm³/mol. The number of benzene rings is 12. The summed E-state index contributed by atoms with van der Waals surface area (Å²) in [6.07, 6.45) is 0. The van der Waals surface area contributed by atoms with E-state index in [-0.39, 0.29) is 5.41 Å². The fourth-order valence-electron chi connectivity index (χ4n) is 10.9. The molecule has 0 unspecified atom stereocenters. The van der Waals surface area contributed by atoms with Crippen LogP contribution in [0.4, 0.5) is 0 Å². The van der Waals surface area contributed by atoms with Gasteiger partial charge in [0.05, 0.1) is 0 Å². The molecule has 0 radical (unpaired) electrons. The molecule has 13 rings (SSSR count). The predicted octanol–water partition coefficient (Wildman–Crippen LogP) is 16.5. The van der Waals surface area contributed by atoms with Gasteiger partial charge in [-0.05, 0) is 144 Å². The average molecular weight is 747 g/mol. The molecule has 0 spiro atoms. The molecule has 12 aromatic carbocycles. The highest BCUT2D eigenvalue weighted by molar-refractivity contribution is 6.26. The van der Waals surface area contributed by atoms with E-state index in [9.17, 15) is 0 Å². The number of rotatable bonds is 4. The molecular formula is C59H38. The Bertz CT molecular complexity index is 3640. The molecule has 0 heteroatoms. The van der Waals surface area contributed by atoms with Gasteiger partial charge in [0, 0.05) is 5.41 Å². The lowest BCUT2D eigenvalue weighted by Gasteiger charge is -2.22. The van der Waals surface area contributed by atoms with Gasteiger partial charge in [0.25, 0.3) is 0 Å². The van der Waals surface area contributed by atoms with E-state index >= 15 is 0 Å². The van der Waals surface area contributed by atoms with Gasteiger partial charge in [-0.3, -0.25) is 0 Å². The second-order valence-corrected chi connectivity index (χ2v) is 17.2. The highest BCUT2D eigenvalue weighted by atomic mass is 14.4. The summed E-state index contributed by atoms with van der Waals surface area (Å²) in [5.74, 6) is 0. The minimum Gasteiger partial charge on any atom is -0.0619 e. The van der Waals surface area contributed by atoms with Crippen molar-refractivity contribution < 1.29 is 0 Å². The number of fused-ring (bicyclic) bond motifs is 3. The molecule has 0 bridgehead atoms. The van der Waals surface area contributed by atoms with E-state index in [1.165, 1.54) is 131 Å². The molecule has 274 valence electrons. The maximum absolute atomic E-state index is 2.47. The Balaban J connectivity index is 0.992. The van der Waals surface area contributed by atoms with Crippen molar-refractivity contribution in [3.63, 3.8) is 0 Å². The van der Waals surface area contributed by atoms with Crippen LogP contribution in [0, 0.1) is 0 Å². The topological polar surface area (TPSA) is 0 Å². The standard InChI is InChI=1S/C59H38/c1-59(2)53-12-4-3-11-48(53)49-30-26-44(34-54(49)59)52-33-43(47-28-22-42-20-18-38-8-6-10-40-24-32-51(47)58(42)56(38)40)25-29-46(52)36-15-13-35(14-16-36)45-27-21-41-19-17-37-7-5-9-39-23-31-50(45)57(41)55(37)39/h3-34H,1-2H3. The zero-order chi connectivity index (χ0) is 39.0. The smallest absolute Gasteiger partial charge is 0.0159 e. The maximum atomic E-state index is 2.47. The molecule has 59 heavy (non-hydrogen) atoms. The van der Waals surface area contributed by atoms with Crippen LogP contribution in [0.5, 0.6) is 0 Å². The average Bonchev–Trinajstić information content (AvgIpc) is 3.52. The van der Waals surface area contributed by atoms with Crippen molar-refractivity contribution >= 4 is 64.6 Å². The quantitative estimate of drug-likeness (QED) is 0.157. The lowest BCUT2D eigenvalue weighted by atomic mass is 9.81. The lowest BCUT2D eigenvalue weighted by molar-refractivity contribution is 0.660. The van der Waals surface area contributed by atoms with Crippen LogP contribution in [-0.4, -0.2) is 0 Å². The Morgan fingerprint density at radius 2 is 0.661 bits per heavy atom. The van der Waals surface area contributed by atoms with Gasteiger partial charge >= 0.3 is 0 Å². The Morgan fingerprint density at radius 3 is 1.25 bits per heavy atom. The summed E-state index contributed by atoms with van der Waals surface area (Å²) in [4.78, 5) is 0. The third-order valence-corrected chi connectivity index (χ3v) is 13.8. The molecule has 0 aliphatic heterocycles. The zero-order valence-corrected chi connectivity index (χ0v) is 33.0. The fourth-order valence-corrected chi connectivity index (χ4v) is 10.9. The van der Waals surface area contributed by atoms with Crippen molar-refractivity contribution in [2.45, 2.75) is 19.3 Å². The molecule has 1 aliphatic carbocycles. The molecule has 0 saturated carbocycles. The van der Waals surface area contributed by atoms with Crippen molar-refractivity contribution in [3.8, 4) is 55.6 Å². The molecule has 0 saturated heterocycles. The molecule has 12 aromatic rings. The first-order valence-electron chi connectivity index (χ1n) is 20.8. The van der Waals surface area contributed by atoms with Gasteiger partial charge in [0.1, 0.15) is 0 Å². The van der Waals surface area contributed by atoms with Crippen LogP contribution in [0.25, 0.3) is 120 Å². The Labute approximate surface area is 343 Å². The second kappa shape index (κ2) is 11.9. The van der Waals surface area contributed by atoms with E-state index < -0.39 is 0 Å². The van der Waals surface area contributed by atoms with Gasteiger partial charge in [-0.15, -0.1) is 0 Å². The van der Waals surface area contributed by atoms with Crippen molar-refractivity contribution in [2.24, 2.45) is 0 Å². The van der Waals surface area contributed by atoms with E-state index in [2.05, 4.69) is 208 Å². The van der Waals surface area contributed by atoms with Crippen molar-refractivity contribution in [3.05, 3.63) is 205 Å². The first kappa shape index (κ1) is 32.8. The summed E-state index contributed by atoms with van der Waals surface area (Å²) < 4.78 is 0. The van der Waals surface area contributed by atoms with Gasteiger partial charge in [0.15, 0.2) is 0 Å². The van der Waals surface area contributed by atoms with Crippen LogP contribution < -0.4 is 0 Å². The van der Waals surface area contributed by atoms with Gasteiger partial charge in [0.2, 0.25) is 0 Å². The molecule has 0 heterocycles. The minimum absolute atomic E-state index is 0.0892. The molecule has 0 aromatic heterocycles. The highest BCUT2D eigenvalue weighted by Gasteiger charge is 2.35. The highest BCUT2D eigenvalue weighted by Crippen LogP contribution is 2.51. The summed E-state index contributed by atoms with van der Waals surface area (Å²) in [7, 11) is 0. The summed E-state index contributed by atoms with van der Waals surface area (Å²) >= 11 is 0. The molecule has 1 aliphatic rings. The number of hydrogen-bond donors (Lipinski definition) is 0. The van der Waals surface area contributed by atoms with Crippen molar-refractivity contribution in [1.82, 2.24) is 0 Å². The first-order chi connectivity index (χ1) is 29.0. The van der Waals surface area contributed by atoms with E-state index in [4.69, 9.17) is 0 Å². The summed E-state index contributed by atoms with van der Waals surface area (Å²) in [5, 5.41) is 15.8. The van der Waals surface area contributed by atoms with Crippen molar-refractivity contribution in [1.29, 1.82) is 0 Å². The van der Waals surface area contributed by atoms with E-state index in [1.54, 1.807) is 0 Å². The van der Waals surface area contributed by atoms with Crippen molar-refractivity contribution in [2.75, 3.05) is 0 Å². The molecule has 0 N–H and O–H groups in total. The van der Waals surface area contributed by atoms with Crippen LogP contribution in [0.3, 0.4) is 0 Å². The summed E-state index contributed by atoms with van der Waals surface area (Å²) in [6, 6.07) is 73.4. The van der Waals surface area contributed by atoms with Crippen LogP contribution in [0.15, 0.2) is 194 Å². The Morgan fingerprint density at radius 1 is 0.254 bits per heavy atom. The second-order valence-electron chi connectivity index (χ2n) is 17.2. The lowest BCUT2D eigenvalue weighted by Crippen LogP contribution is -2.14. The fraction of sp³-hybridized carbons (Fsp3) is 0.0508. The zero-order valence-electron chi connectivity index (χ0n) is 33.0. The van der Waals surface area contributed by atoms with E-state index in [1.807, 2.05) is 0 Å².